The Morgan fingerprint density at radius 3 is 2.08 bits per heavy atom. The maximum absolute atomic E-state index is 13.5. The highest BCUT2D eigenvalue weighted by atomic mass is 16.5. The van der Waals surface area contributed by atoms with E-state index in [0.717, 1.165) is 16.7 Å². The van der Waals surface area contributed by atoms with E-state index in [4.69, 9.17) is 13.9 Å². The molecule has 0 aliphatic rings. The highest BCUT2D eigenvalue weighted by Crippen LogP contribution is 2.38. The first kappa shape index (κ1) is 33.2. The van der Waals surface area contributed by atoms with Gasteiger partial charge in [0, 0.05) is 12.7 Å². The molecular formula is C34H50O4. The van der Waals surface area contributed by atoms with Crippen LogP contribution in [0.4, 0.5) is 0 Å². The van der Waals surface area contributed by atoms with Crippen LogP contribution in [-0.4, -0.2) is 26.6 Å². The highest BCUT2D eigenvalue weighted by molar-refractivity contribution is 5.98. The van der Waals surface area contributed by atoms with Crippen LogP contribution in [0.5, 0.6) is 0 Å². The lowest BCUT2D eigenvalue weighted by Gasteiger charge is -2.30. The van der Waals surface area contributed by atoms with Gasteiger partial charge in [0.05, 0.1) is 19.6 Å². The molecule has 1 heterocycles. The fraction of sp³-hybridized carbons (Fsp3) is 0.500. The van der Waals surface area contributed by atoms with E-state index in [0.29, 0.717) is 30.3 Å². The van der Waals surface area contributed by atoms with Gasteiger partial charge in [0.15, 0.2) is 5.76 Å². The molecule has 0 aliphatic carbocycles. The van der Waals surface area contributed by atoms with E-state index in [2.05, 4.69) is 74.6 Å². The lowest BCUT2D eigenvalue weighted by Crippen LogP contribution is -2.17. The van der Waals surface area contributed by atoms with Crippen molar-refractivity contribution in [2.24, 2.45) is 16.7 Å². The summed E-state index contributed by atoms with van der Waals surface area (Å²) in [6.45, 7) is 30.2. The molecule has 0 aromatic carbocycles. The maximum Gasteiger partial charge on any atom is 0.205 e. The van der Waals surface area contributed by atoms with Crippen molar-refractivity contribution in [3.8, 4) is 0 Å². The highest BCUT2D eigenvalue weighted by Gasteiger charge is 2.27. The number of carbonyl (C=O) groups excluding carboxylic acids is 1. The maximum atomic E-state index is 13.5. The zero-order valence-electron chi connectivity index (χ0n) is 25.9. The minimum Gasteiger partial charge on any atom is -0.496 e. The summed E-state index contributed by atoms with van der Waals surface area (Å²) in [6, 6.07) is 3.56. The topological polar surface area (TPSA) is 48.7 Å². The van der Waals surface area contributed by atoms with Crippen molar-refractivity contribution in [2.75, 3.05) is 20.8 Å². The van der Waals surface area contributed by atoms with Crippen molar-refractivity contribution in [2.45, 2.75) is 75.7 Å². The van der Waals surface area contributed by atoms with Crippen LogP contribution in [0.25, 0.3) is 5.57 Å². The lowest BCUT2D eigenvalue weighted by molar-refractivity contribution is 0.0917. The number of allylic oxidation sites excluding steroid dienone is 8. The van der Waals surface area contributed by atoms with E-state index < -0.39 is 5.92 Å². The quantitative estimate of drug-likeness (QED) is 0.156. The van der Waals surface area contributed by atoms with E-state index in [1.54, 1.807) is 26.4 Å². The number of carbonyl (C=O) groups is 1. The van der Waals surface area contributed by atoms with Crippen molar-refractivity contribution in [1.82, 2.24) is 0 Å². The number of furan rings is 1. The largest absolute Gasteiger partial charge is 0.496 e. The fourth-order valence-corrected chi connectivity index (χ4v) is 4.39. The molecule has 1 aromatic heterocycles. The van der Waals surface area contributed by atoms with Gasteiger partial charge < -0.3 is 13.9 Å². The molecule has 38 heavy (non-hydrogen) atoms. The van der Waals surface area contributed by atoms with Gasteiger partial charge in [0.25, 0.3) is 0 Å². The summed E-state index contributed by atoms with van der Waals surface area (Å²) in [6.07, 6.45) is 6.49. The van der Waals surface area contributed by atoms with Gasteiger partial charge in [-0.2, -0.15) is 0 Å². The van der Waals surface area contributed by atoms with Crippen LogP contribution in [0.1, 0.15) is 92.0 Å². The summed E-state index contributed by atoms with van der Waals surface area (Å²) in [5.74, 6) is 0.845. The number of hydrogen-bond acceptors (Lipinski definition) is 4. The van der Waals surface area contributed by atoms with Gasteiger partial charge >= 0.3 is 0 Å². The molecule has 4 nitrogen and oxygen atoms in total. The van der Waals surface area contributed by atoms with E-state index >= 15 is 0 Å². The number of rotatable bonds is 12. The fourth-order valence-electron chi connectivity index (χ4n) is 4.39. The Labute approximate surface area is 231 Å². The van der Waals surface area contributed by atoms with Crippen LogP contribution in [0.3, 0.4) is 0 Å². The summed E-state index contributed by atoms with van der Waals surface area (Å²) >= 11 is 0. The first-order valence-electron chi connectivity index (χ1n) is 13.3. The predicted octanol–water partition coefficient (Wildman–Crippen LogP) is 9.54. The number of ether oxygens (including phenoxy) is 2. The first-order valence-corrected chi connectivity index (χ1v) is 13.3. The SMILES string of the molecule is C=C/C(OC)=C(\C(C)=C/COC)C(C)C(=O)c1ccc(C(=C)C/C(C)=C\C(=C(/C)C(C)(C)C)C(C)(C)C)o1. The average Bonchev–Trinajstić information content (AvgIpc) is 3.32. The summed E-state index contributed by atoms with van der Waals surface area (Å²) in [7, 11) is 3.21. The zero-order chi connectivity index (χ0) is 29.4. The van der Waals surface area contributed by atoms with E-state index in [1.807, 2.05) is 26.0 Å². The minimum atomic E-state index is -0.496. The van der Waals surface area contributed by atoms with Gasteiger partial charge in [-0.15, -0.1) is 0 Å². The van der Waals surface area contributed by atoms with Gasteiger partial charge in [-0.05, 0) is 73.0 Å². The number of hydrogen-bond donors (Lipinski definition) is 0. The van der Waals surface area contributed by atoms with Crippen LogP contribution in [0, 0.1) is 16.7 Å². The van der Waals surface area contributed by atoms with Gasteiger partial charge in [-0.25, -0.2) is 0 Å². The van der Waals surface area contributed by atoms with E-state index in [9.17, 15) is 4.79 Å². The third-order valence-corrected chi connectivity index (χ3v) is 6.90. The van der Waals surface area contributed by atoms with Crippen LogP contribution >= 0.6 is 0 Å². The molecule has 0 spiro atoms. The van der Waals surface area contributed by atoms with Gasteiger partial charge in [0.1, 0.15) is 11.5 Å². The molecule has 0 saturated heterocycles. The minimum absolute atomic E-state index is 0.0217. The third-order valence-electron chi connectivity index (χ3n) is 6.90. The average molecular weight is 523 g/mol. The van der Waals surface area contributed by atoms with Crippen molar-refractivity contribution in [3.63, 3.8) is 0 Å². The first-order chi connectivity index (χ1) is 17.5. The van der Waals surface area contributed by atoms with Crippen LogP contribution in [0.15, 0.2) is 81.6 Å². The molecule has 1 aromatic rings. The van der Waals surface area contributed by atoms with Crippen molar-refractivity contribution < 1.29 is 18.7 Å². The Morgan fingerprint density at radius 2 is 1.61 bits per heavy atom. The summed E-state index contributed by atoms with van der Waals surface area (Å²) in [5.41, 5.74) is 6.51. The molecule has 0 amide bonds. The summed E-state index contributed by atoms with van der Waals surface area (Å²) in [5, 5.41) is 0. The number of ketones is 1. The van der Waals surface area contributed by atoms with Gasteiger partial charge in [0.2, 0.25) is 5.78 Å². The molecule has 0 radical (unpaired) electrons. The van der Waals surface area contributed by atoms with Crippen LogP contribution < -0.4 is 0 Å². The molecule has 0 aliphatic heterocycles. The molecule has 210 valence electrons. The standard InChI is InChI=1S/C34H50O4/c1-15-28(37-14)31(23(3)18-19-36-13)25(5)32(35)30-17-16-29(38-30)24(4)20-22(2)21-27(34(10,11)12)26(6)33(7,8)9/h15-18,21,25H,1,4,19-20H2,2-3,5-14H3/b22-21-,23-18-,27-26-,31-28-. The molecule has 4 heteroatoms. The molecule has 0 N–H and O–H groups in total. The van der Waals surface area contributed by atoms with E-state index in [-0.39, 0.29) is 16.6 Å². The second-order valence-corrected chi connectivity index (χ2v) is 12.1. The number of Topliss-reactive ketones (excluding diaryl/α,β-unsaturated/α-hetero) is 1. The Morgan fingerprint density at radius 1 is 1.03 bits per heavy atom. The molecule has 0 bridgehead atoms. The Kier molecular flexibility index (Phi) is 12.0. The van der Waals surface area contributed by atoms with Crippen molar-refractivity contribution in [3.05, 3.63) is 88.7 Å². The van der Waals surface area contributed by atoms with Crippen LogP contribution in [0.2, 0.25) is 0 Å². The monoisotopic (exact) mass is 522 g/mol. The Bertz CT molecular complexity index is 1130. The summed E-state index contributed by atoms with van der Waals surface area (Å²) in [4.78, 5) is 13.5. The van der Waals surface area contributed by atoms with Crippen LogP contribution in [-0.2, 0) is 9.47 Å². The number of methoxy groups -OCH3 is 2. The molecule has 0 fully saturated rings. The van der Waals surface area contributed by atoms with E-state index in [1.165, 1.54) is 16.7 Å². The Hall–Kier alpha value is -2.85. The van der Waals surface area contributed by atoms with Gasteiger partial charge in [-0.1, -0.05) is 84.9 Å². The second kappa shape index (κ2) is 13.8. The normalized spacial score (nSPS) is 15.5. The molecule has 1 rings (SSSR count). The Balaban J connectivity index is 3.28. The second-order valence-electron chi connectivity index (χ2n) is 12.1. The molecule has 1 atom stereocenters. The van der Waals surface area contributed by atoms with Crippen molar-refractivity contribution in [1.29, 1.82) is 0 Å². The lowest BCUT2D eigenvalue weighted by atomic mass is 9.75. The molecule has 1 unspecified atom stereocenters. The van der Waals surface area contributed by atoms with Crippen molar-refractivity contribution >= 4 is 11.4 Å². The molecule has 0 saturated carbocycles. The smallest absolute Gasteiger partial charge is 0.205 e. The summed E-state index contributed by atoms with van der Waals surface area (Å²) < 4.78 is 16.7. The molecular weight excluding hydrogens is 472 g/mol. The third kappa shape index (κ3) is 8.87. The predicted molar refractivity (Wildman–Crippen MR) is 161 cm³/mol. The zero-order valence-corrected chi connectivity index (χ0v) is 25.9. The van der Waals surface area contributed by atoms with Gasteiger partial charge in [-0.3, -0.25) is 4.79 Å².